The van der Waals surface area contributed by atoms with Crippen LogP contribution in [-0.4, -0.2) is 10.9 Å². The summed E-state index contributed by atoms with van der Waals surface area (Å²) in [5.41, 5.74) is 1.15. The summed E-state index contributed by atoms with van der Waals surface area (Å²) in [6.07, 6.45) is -2.69. The fraction of sp³-hybridized carbons (Fsp3) is 0.111. The van der Waals surface area contributed by atoms with Crippen LogP contribution in [0, 0.1) is 0 Å². The quantitative estimate of drug-likeness (QED) is 0.783. The first-order valence-electron chi connectivity index (χ1n) is 7.22. The molecule has 122 valence electrons. The highest BCUT2D eigenvalue weighted by Gasteiger charge is 2.29. The van der Waals surface area contributed by atoms with E-state index < -0.39 is 11.7 Å². The van der Waals surface area contributed by atoms with E-state index in [4.69, 9.17) is 0 Å². The molecule has 0 aliphatic rings. The van der Waals surface area contributed by atoms with Gasteiger partial charge >= 0.3 is 6.18 Å². The first-order chi connectivity index (χ1) is 11.4. The van der Waals surface area contributed by atoms with Gasteiger partial charge in [0.1, 0.15) is 0 Å². The third-order valence-electron chi connectivity index (χ3n) is 3.60. The maximum Gasteiger partial charge on any atom is 0.416 e. The van der Waals surface area contributed by atoms with E-state index in [9.17, 15) is 18.0 Å². The van der Waals surface area contributed by atoms with Crippen molar-refractivity contribution in [2.24, 2.45) is 0 Å². The van der Waals surface area contributed by atoms with Gasteiger partial charge in [0.25, 0.3) is 5.91 Å². The number of carbonyl (C=O) groups is 1. The van der Waals surface area contributed by atoms with Crippen molar-refractivity contribution in [1.29, 1.82) is 0 Å². The fourth-order valence-corrected chi connectivity index (χ4v) is 2.31. The minimum atomic E-state index is -4.36. The maximum atomic E-state index is 12.5. The second-order valence-electron chi connectivity index (χ2n) is 5.29. The van der Waals surface area contributed by atoms with Crippen LogP contribution in [0.1, 0.15) is 21.5 Å². The van der Waals surface area contributed by atoms with E-state index in [1.165, 1.54) is 12.1 Å². The Kier molecular flexibility index (Phi) is 4.20. The third-order valence-corrected chi connectivity index (χ3v) is 3.60. The van der Waals surface area contributed by atoms with Crippen LogP contribution in [0.3, 0.4) is 0 Å². The van der Waals surface area contributed by atoms with Gasteiger partial charge in [-0.05, 0) is 42.0 Å². The summed E-state index contributed by atoms with van der Waals surface area (Å²) < 4.78 is 37.5. The molecule has 1 heterocycles. The molecule has 0 spiro atoms. The van der Waals surface area contributed by atoms with E-state index in [0.29, 0.717) is 11.1 Å². The van der Waals surface area contributed by atoms with Crippen molar-refractivity contribution >= 4 is 16.8 Å². The van der Waals surface area contributed by atoms with Gasteiger partial charge in [0.2, 0.25) is 0 Å². The molecule has 0 unspecified atom stereocenters. The lowest BCUT2D eigenvalue weighted by molar-refractivity contribution is -0.137. The zero-order chi connectivity index (χ0) is 17.2. The van der Waals surface area contributed by atoms with Crippen molar-refractivity contribution in [3.05, 3.63) is 77.5 Å². The molecule has 1 N–H and O–H groups in total. The number of rotatable bonds is 3. The van der Waals surface area contributed by atoms with E-state index >= 15 is 0 Å². The molecule has 3 nitrogen and oxygen atoms in total. The van der Waals surface area contributed by atoms with Gasteiger partial charge in [-0.1, -0.05) is 18.2 Å². The normalized spacial score (nSPS) is 11.5. The van der Waals surface area contributed by atoms with Gasteiger partial charge in [-0.2, -0.15) is 13.2 Å². The molecule has 0 bridgehead atoms. The Balaban J connectivity index is 1.68. The van der Waals surface area contributed by atoms with Crippen LogP contribution in [0.2, 0.25) is 0 Å². The molecule has 3 rings (SSSR count). The monoisotopic (exact) mass is 330 g/mol. The van der Waals surface area contributed by atoms with Gasteiger partial charge in [-0.25, -0.2) is 0 Å². The topological polar surface area (TPSA) is 42.0 Å². The van der Waals surface area contributed by atoms with Crippen LogP contribution in [0.4, 0.5) is 13.2 Å². The van der Waals surface area contributed by atoms with E-state index in [1.54, 1.807) is 30.5 Å². The van der Waals surface area contributed by atoms with Crippen molar-refractivity contribution in [2.75, 3.05) is 0 Å². The molecule has 0 atom stereocenters. The summed E-state index contributed by atoms with van der Waals surface area (Å²) in [5, 5.41) is 3.54. The molecule has 2 aromatic carbocycles. The summed E-state index contributed by atoms with van der Waals surface area (Å²) in [4.78, 5) is 16.4. The number of nitrogens with zero attached hydrogens (tertiary/aromatic N) is 1. The van der Waals surface area contributed by atoms with E-state index in [-0.39, 0.29) is 12.5 Å². The van der Waals surface area contributed by atoms with Crippen molar-refractivity contribution in [3.8, 4) is 0 Å². The average Bonchev–Trinajstić information content (AvgIpc) is 2.59. The van der Waals surface area contributed by atoms with Crippen molar-refractivity contribution in [1.82, 2.24) is 10.3 Å². The highest BCUT2D eigenvalue weighted by molar-refractivity contribution is 5.97. The Bertz CT molecular complexity index is 873. The number of alkyl halides is 3. The standard InChI is InChI=1S/C18H13F3N2O/c19-18(20,21)15-6-3-12(4-7-15)11-23-17(24)14-5-8-16-13(10-14)2-1-9-22-16/h1-10H,11H2,(H,23,24). The summed E-state index contributed by atoms with van der Waals surface area (Å²) >= 11 is 0. The molecule has 0 saturated heterocycles. The van der Waals surface area contributed by atoms with Crippen molar-refractivity contribution in [2.45, 2.75) is 12.7 Å². The van der Waals surface area contributed by atoms with Crippen molar-refractivity contribution < 1.29 is 18.0 Å². The lowest BCUT2D eigenvalue weighted by atomic mass is 10.1. The van der Waals surface area contributed by atoms with Crippen LogP contribution in [0.5, 0.6) is 0 Å². The summed E-state index contributed by atoms with van der Waals surface area (Å²) in [6, 6.07) is 13.5. The van der Waals surface area contributed by atoms with Gasteiger partial charge in [-0.15, -0.1) is 0 Å². The zero-order valence-electron chi connectivity index (χ0n) is 12.5. The van der Waals surface area contributed by atoms with E-state index in [0.717, 1.165) is 23.0 Å². The molecule has 0 radical (unpaired) electrons. The van der Waals surface area contributed by atoms with Crippen LogP contribution in [0.25, 0.3) is 10.9 Å². The maximum absolute atomic E-state index is 12.5. The number of nitrogens with one attached hydrogen (secondary N) is 1. The molecule has 3 aromatic rings. The molecule has 1 amide bonds. The fourth-order valence-electron chi connectivity index (χ4n) is 2.31. The molecular weight excluding hydrogens is 317 g/mol. The average molecular weight is 330 g/mol. The largest absolute Gasteiger partial charge is 0.416 e. The molecule has 0 aliphatic heterocycles. The van der Waals surface area contributed by atoms with E-state index in [1.807, 2.05) is 6.07 Å². The Morgan fingerprint density at radius 2 is 1.79 bits per heavy atom. The number of fused-ring (bicyclic) bond motifs is 1. The van der Waals surface area contributed by atoms with Gasteiger partial charge in [0.15, 0.2) is 0 Å². The molecule has 0 fully saturated rings. The molecule has 0 aliphatic carbocycles. The second-order valence-corrected chi connectivity index (χ2v) is 5.29. The Labute approximate surface area is 136 Å². The number of halogens is 3. The van der Waals surface area contributed by atoms with Crippen molar-refractivity contribution in [3.63, 3.8) is 0 Å². The Morgan fingerprint density at radius 3 is 2.50 bits per heavy atom. The number of hydrogen-bond donors (Lipinski definition) is 1. The highest BCUT2D eigenvalue weighted by atomic mass is 19.4. The number of aromatic nitrogens is 1. The SMILES string of the molecule is O=C(NCc1ccc(C(F)(F)F)cc1)c1ccc2ncccc2c1. The molecule has 24 heavy (non-hydrogen) atoms. The number of amides is 1. The molecular formula is C18H13F3N2O. The number of carbonyl (C=O) groups excluding carboxylic acids is 1. The lowest BCUT2D eigenvalue weighted by Gasteiger charge is -2.09. The first kappa shape index (κ1) is 16.0. The molecule has 1 aromatic heterocycles. The van der Waals surface area contributed by atoms with Crippen LogP contribution < -0.4 is 5.32 Å². The predicted molar refractivity (Wildman–Crippen MR) is 84.4 cm³/mol. The lowest BCUT2D eigenvalue weighted by Crippen LogP contribution is -2.22. The summed E-state index contributed by atoms with van der Waals surface area (Å²) in [5.74, 6) is -0.291. The van der Waals surface area contributed by atoms with Crippen LogP contribution in [-0.2, 0) is 12.7 Å². The second kappa shape index (κ2) is 6.31. The van der Waals surface area contributed by atoms with Crippen LogP contribution >= 0.6 is 0 Å². The van der Waals surface area contributed by atoms with Gasteiger partial charge in [-0.3, -0.25) is 9.78 Å². The Hall–Kier alpha value is -2.89. The first-order valence-corrected chi connectivity index (χ1v) is 7.22. The number of benzene rings is 2. The number of hydrogen-bond acceptors (Lipinski definition) is 2. The van der Waals surface area contributed by atoms with Crippen LogP contribution in [0.15, 0.2) is 60.8 Å². The highest BCUT2D eigenvalue weighted by Crippen LogP contribution is 2.29. The molecule has 6 heteroatoms. The van der Waals surface area contributed by atoms with E-state index in [2.05, 4.69) is 10.3 Å². The smallest absolute Gasteiger partial charge is 0.348 e. The summed E-state index contributed by atoms with van der Waals surface area (Å²) in [6.45, 7) is 0.155. The summed E-state index contributed by atoms with van der Waals surface area (Å²) in [7, 11) is 0. The predicted octanol–water partition coefficient (Wildman–Crippen LogP) is 4.18. The van der Waals surface area contributed by atoms with Gasteiger partial charge in [0, 0.05) is 23.7 Å². The Morgan fingerprint density at radius 1 is 1.04 bits per heavy atom. The third kappa shape index (κ3) is 3.53. The molecule has 0 saturated carbocycles. The van der Waals surface area contributed by atoms with Gasteiger partial charge in [0.05, 0.1) is 11.1 Å². The minimum absolute atomic E-state index is 0.155. The minimum Gasteiger partial charge on any atom is -0.348 e. The number of pyridine rings is 1. The zero-order valence-corrected chi connectivity index (χ0v) is 12.5. The van der Waals surface area contributed by atoms with Gasteiger partial charge < -0.3 is 5.32 Å².